The van der Waals surface area contributed by atoms with E-state index in [1.54, 1.807) is 0 Å². The Hall–Kier alpha value is -2.56. The lowest BCUT2D eigenvalue weighted by molar-refractivity contribution is 0.102. The van der Waals surface area contributed by atoms with Crippen molar-refractivity contribution in [2.45, 2.75) is 0 Å². The summed E-state index contributed by atoms with van der Waals surface area (Å²) in [4.78, 5) is 11.8. The molecule has 18 heavy (non-hydrogen) atoms. The van der Waals surface area contributed by atoms with E-state index in [-0.39, 0.29) is 11.4 Å². The second-order valence-corrected chi connectivity index (χ2v) is 3.74. The molecule has 0 aromatic heterocycles. The molecule has 2 aromatic carbocycles. The molecule has 4 nitrogen and oxygen atoms in total. The van der Waals surface area contributed by atoms with Gasteiger partial charge < -0.3 is 16.2 Å². The molecule has 2 aromatic rings. The summed E-state index contributed by atoms with van der Waals surface area (Å²) >= 11 is 0. The van der Waals surface area contributed by atoms with Gasteiger partial charge in [-0.2, -0.15) is 0 Å². The van der Waals surface area contributed by atoms with Gasteiger partial charge in [-0.25, -0.2) is 4.39 Å². The molecule has 0 radical (unpaired) electrons. The Kier molecular flexibility index (Phi) is 3.14. The number of nitrogen functional groups attached to an aromatic ring is 1. The molecule has 2 rings (SSSR count). The summed E-state index contributed by atoms with van der Waals surface area (Å²) in [5.74, 6) is -0.950. The van der Waals surface area contributed by atoms with Crippen molar-refractivity contribution in [3.8, 4) is 5.75 Å². The second kappa shape index (κ2) is 4.75. The van der Waals surface area contributed by atoms with Gasteiger partial charge in [-0.1, -0.05) is 0 Å². The van der Waals surface area contributed by atoms with Crippen molar-refractivity contribution in [2.24, 2.45) is 0 Å². The van der Waals surface area contributed by atoms with E-state index in [2.05, 4.69) is 5.32 Å². The smallest absolute Gasteiger partial charge is 0.255 e. The maximum absolute atomic E-state index is 12.7. The monoisotopic (exact) mass is 246 g/mol. The zero-order valence-corrected chi connectivity index (χ0v) is 9.35. The fourth-order valence-electron chi connectivity index (χ4n) is 1.45. The number of carbonyl (C=O) groups excluding carboxylic acids is 1. The van der Waals surface area contributed by atoms with Gasteiger partial charge in [-0.3, -0.25) is 4.79 Å². The minimum absolute atomic E-state index is 0.0836. The molecule has 4 N–H and O–H groups in total. The topological polar surface area (TPSA) is 75.3 Å². The van der Waals surface area contributed by atoms with Crippen molar-refractivity contribution >= 4 is 17.3 Å². The summed E-state index contributed by atoms with van der Waals surface area (Å²) in [6.45, 7) is 0. The molecule has 0 bridgehead atoms. The number of nitrogens with one attached hydrogen (secondary N) is 1. The SMILES string of the molecule is Nc1ccc(O)c(NC(=O)c2ccc(F)cc2)c1. The van der Waals surface area contributed by atoms with Crippen LogP contribution in [0.2, 0.25) is 0 Å². The first kappa shape index (κ1) is 11.9. The van der Waals surface area contributed by atoms with Crippen LogP contribution in [-0.4, -0.2) is 11.0 Å². The maximum Gasteiger partial charge on any atom is 0.255 e. The van der Waals surface area contributed by atoms with Gasteiger partial charge in [-0.05, 0) is 42.5 Å². The van der Waals surface area contributed by atoms with Gasteiger partial charge in [0, 0.05) is 11.3 Å². The van der Waals surface area contributed by atoms with Crippen molar-refractivity contribution < 1.29 is 14.3 Å². The van der Waals surface area contributed by atoms with Gasteiger partial charge in [0.2, 0.25) is 0 Å². The summed E-state index contributed by atoms with van der Waals surface area (Å²) in [7, 11) is 0. The van der Waals surface area contributed by atoms with Crippen molar-refractivity contribution in [3.05, 3.63) is 53.8 Å². The van der Waals surface area contributed by atoms with E-state index in [1.807, 2.05) is 0 Å². The molecular weight excluding hydrogens is 235 g/mol. The molecule has 92 valence electrons. The third-order valence-corrected chi connectivity index (χ3v) is 2.38. The fraction of sp³-hybridized carbons (Fsp3) is 0. The highest BCUT2D eigenvalue weighted by molar-refractivity contribution is 6.05. The van der Waals surface area contributed by atoms with Crippen LogP contribution < -0.4 is 11.1 Å². The second-order valence-electron chi connectivity index (χ2n) is 3.74. The fourth-order valence-corrected chi connectivity index (χ4v) is 1.45. The van der Waals surface area contributed by atoms with E-state index >= 15 is 0 Å². The predicted molar refractivity (Wildman–Crippen MR) is 66.9 cm³/mol. The molecule has 5 heteroatoms. The summed E-state index contributed by atoms with van der Waals surface area (Å²) in [6.07, 6.45) is 0. The third-order valence-electron chi connectivity index (χ3n) is 2.38. The highest BCUT2D eigenvalue weighted by Gasteiger charge is 2.09. The molecule has 0 aliphatic carbocycles. The van der Waals surface area contributed by atoms with Crippen LogP contribution in [0.5, 0.6) is 5.75 Å². The maximum atomic E-state index is 12.7. The number of halogens is 1. The third kappa shape index (κ3) is 2.57. The largest absolute Gasteiger partial charge is 0.506 e. The van der Waals surface area contributed by atoms with E-state index in [0.29, 0.717) is 11.3 Å². The highest BCUT2D eigenvalue weighted by atomic mass is 19.1. The number of rotatable bonds is 2. The van der Waals surface area contributed by atoms with Gasteiger partial charge in [0.25, 0.3) is 5.91 Å². The molecule has 0 unspecified atom stereocenters. The van der Waals surface area contributed by atoms with Crippen molar-refractivity contribution in [1.82, 2.24) is 0 Å². The lowest BCUT2D eigenvalue weighted by atomic mass is 10.2. The first-order valence-electron chi connectivity index (χ1n) is 5.21. The lowest BCUT2D eigenvalue weighted by Gasteiger charge is -2.08. The van der Waals surface area contributed by atoms with Gasteiger partial charge in [0.1, 0.15) is 11.6 Å². The lowest BCUT2D eigenvalue weighted by Crippen LogP contribution is -2.12. The zero-order chi connectivity index (χ0) is 13.1. The Morgan fingerprint density at radius 2 is 1.83 bits per heavy atom. The van der Waals surface area contributed by atoms with E-state index in [1.165, 1.54) is 42.5 Å². The van der Waals surface area contributed by atoms with E-state index in [9.17, 15) is 14.3 Å². The minimum Gasteiger partial charge on any atom is -0.506 e. The normalized spacial score (nSPS) is 10.1. The number of nitrogens with two attached hydrogens (primary N) is 1. The molecule has 0 saturated heterocycles. The summed E-state index contributed by atoms with van der Waals surface area (Å²) < 4.78 is 12.7. The highest BCUT2D eigenvalue weighted by Crippen LogP contribution is 2.25. The van der Waals surface area contributed by atoms with Crippen LogP contribution in [0.25, 0.3) is 0 Å². The number of amides is 1. The van der Waals surface area contributed by atoms with Crippen LogP contribution in [0.15, 0.2) is 42.5 Å². The molecule has 1 amide bonds. The Labute approximate surface area is 103 Å². The van der Waals surface area contributed by atoms with Crippen molar-refractivity contribution in [2.75, 3.05) is 11.1 Å². The Bertz CT molecular complexity index is 582. The number of carbonyl (C=O) groups is 1. The number of hydrogen-bond donors (Lipinski definition) is 3. The van der Waals surface area contributed by atoms with Crippen molar-refractivity contribution in [1.29, 1.82) is 0 Å². The van der Waals surface area contributed by atoms with Crippen LogP contribution in [-0.2, 0) is 0 Å². The van der Waals surface area contributed by atoms with Crippen molar-refractivity contribution in [3.63, 3.8) is 0 Å². The molecular formula is C13H11FN2O2. The van der Waals surface area contributed by atoms with E-state index < -0.39 is 11.7 Å². The van der Waals surface area contributed by atoms with Gasteiger partial charge in [0.05, 0.1) is 5.69 Å². The molecule has 0 aliphatic rings. The first-order valence-corrected chi connectivity index (χ1v) is 5.21. The number of phenols is 1. The number of benzene rings is 2. The molecule has 0 saturated carbocycles. The standard InChI is InChI=1S/C13H11FN2O2/c14-9-3-1-8(2-4-9)13(18)16-11-7-10(15)5-6-12(11)17/h1-7,17H,15H2,(H,16,18). The molecule has 0 fully saturated rings. The average Bonchev–Trinajstić information content (AvgIpc) is 2.34. The molecule has 0 aliphatic heterocycles. The van der Waals surface area contributed by atoms with Crippen LogP contribution in [0, 0.1) is 5.82 Å². The zero-order valence-electron chi connectivity index (χ0n) is 9.35. The number of phenolic OH excluding ortho intramolecular Hbond substituents is 1. The quantitative estimate of drug-likeness (QED) is 0.432. The Balaban J connectivity index is 2.21. The molecule has 0 spiro atoms. The van der Waals surface area contributed by atoms with Gasteiger partial charge >= 0.3 is 0 Å². The number of aromatic hydroxyl groups is 1. The Morgan fingerprint density at radius 1 is 1.17 bits per heavy atom. The van der Waals surface area contributed by atoms with E-state index in [4.69, 9.17) is 5.73 Å². The predicted octanol–water partition coefficient (Wildman–Crippen LogP) is 2.37. The average molecular weight is 246 g/mol. The van der Waals surface area contributed by atoms with Crippen LogP contribution in [0.3, 0.4) is 0 Å². The molecule has 0 heterocycles. The first-order chi connectivity index (χ1) is 8.56. The van der Waals surface area contributed by atoms with Gasteiger partial charge in [-0.15, -0.1) is 0 Å². The number of hydrogen-bond acceptors (Lipinski definition) is 3. The number of anilines is 2. The minimum atomic E-state index is -0.448. The summed E-state index contributed by atoms with van der Waals surface area (Å²) in [6, 6.07) is 9.43. The van der Waals surface area contributed by atoms with E-state index in [0.717, 1.165) is 0 Å². The van der Waals surface area contributed by atoms with Crippen LogP contribution >= 0.6 is 0 Å². The molecule has 0 atom stereocenters. The Morgan fingerprint density at radius 3 is 2.50 bits per heavy atom. The summed E-state index contributed by atoms with van der Waals surface area (Å²) in [5.41, 5.74) is 6.47. The summed E-state index contributed by atoms with van der Waals surface area (Å²) in [5, 5.41) is 12.0. The van der Waals surface area contributed by atoms with Crippen LogP contribution in [0.4, 0.5) is 15.8 Å². The van der Waals surface area contributed by atoms with Crippen LogP contribution in [0.1, 0.15) is 10.4 Å². The van der Waals surface area contributed by atoms with Gasteiger partial charge in [0.15, 0.2) is 0 Å².